The Balaban J connectivity index is 2.17. The van der Waals surface area contributed by atoms with Crippen LogP contribution in [-0.4, -0.2) is 30.5 Å². The van der Waals surface area contributed by atoms with Crippen molar-refractivity contribution in [3.8, 4) is 0 Å². The molecule has 0 saturated heterocycles. The zero-order chi connectivity index (χ0) is 14.7. The van der Waals surface area contributed by atoms with Gasteiger partial charge in [0, 0.05) is 13.2 Å². The molecule has 9 heteroatoms. The minimum Gasteiger partial charge on any atom is -0.478 e. The van der Waals surface area contributed by atoms with Gasteiger partial charge in [0.1, 0.15) is 0 Å². The summed E-state index contributed by atoms with van der Waals surface area (Å²) in [4.78, 5) is 28.7. The molecule has 9 nitrogen and oxygen atoms in total. The van der Waals surface area contributed by atoms with Crippen molar-refractivity contribution in [2.75, 3.05) is 5.32 Å². The van der Waals surface area contributed by atoms with Gasteiger partial charge in [0.05, 0.1) is 17.8 Å². The number of anilines is 1. The van der Waals surface area contributed by atoms with Crippen LogP contribution in [0.5, 0.6) is 0 Å². The summed E-state index contributed by atoms with van der Waals surface area (Å²) in [6.07, 6.45) is 2.69. The molecule has 0 aromatic carbocycles. The third-order valence-corrected chi connectivity index (χ3v) is 2.59. The zero-order valence-electron chi connectivity index (χ0n) is 10.5. The first-order chi connectivity index (χ1) is 9.49. The number of aromatic carboxylic acids is 1. The fourth-order valence-electron chi connectivity index (χ4n) is 1.64. The molecule has 2 rings (SSSR count). The Morgan fingerprint density at radius 2 is 2.30 bits per heavy atom. The van der Waals surface area contributed by atoms with Gasteiger partial charge in [0.2, 0.25) is 12.1 Å². The number of carboxylic acids is 1. The third-order valence-electron chi connectivity index (χ3n) is 2.59. The minimum atomic E-state index is -1.06. The highest BCUT2D eigenvalue weighted by Crippen LogP contribution is 2.21. The number of nitrogens with zero attached hydrogens (tertiary/aromatic N) is 4. The predicted molar refractivity (Wildman–Crippen MR) is 68.4 cm³/mol. The molecule has 0 radical (unpaired) electrons. The number of rotatable bonds is 5. The summed E-state index contributed by atoms with van der Waals surface area (Å²) >= 11 is 0. The summed E-state index contributed by atoms with van der Waals surface area (Å²) in [5.74, 6) is -1.11. The third kappa shape index (κ3) is 2.71. The number of carbonyl (C=O) groups is 1. The summed E-state index contributed by atoms with van der Waals surface area (Å²) in [7, 11) is 1.61. The topological polar surface area (TPSA) is 123 Å². The van der Waals surface area contributed by atoms with Crippen LogP contribution in [0.1, 0.15) is 16.1 Å². The van der Waals surface area contributed by atoms with E-state index in [1.807, 2.05) is 0 Å². The molecule has 0 bridgehead atoms. The molecule has 0 aliphatic heterocycles. The molecule has 0 unspecified atom stereocenters. The van der Waals surface area contributed by atoms with Gasteiger partial charge in [0.25, 0.3) is 0 Å². The quantitative estimate of drug-likeness (QED) is 0.618. The number of aromatic nitrogens is 3. The van der Waals surface area contributed by atoms with Crippen molar-refractivity contribution in [1.82, 2.24) is 14.5 Å². The largest absolute Gasteiger partial charge is 0.478 e. The Hall–Kier alpha value is -2.97. The van der Waals surface area contributed by atoms with Crippen LogP contribution in [0.4, 0.5) is 11.6 Å². The second-order valence-electron chi connectivity index (χ2n) is 3.98. The Kier molecular flexibility index (Phi) is 3.60. The standard InChI is InChI=1S/C11H11N5O4/c1-15-6-14-10(16(19)20)9(15)13-5-8-4-7(11(17)18)2-3-12-8/h2-4,6,13H,5H2,1H3,(H,17,18). The van der Waals surface area contributed by atoms with Crippen LogP contribution in [-0.2, 0) is 13.6 Å². The van der Waals surface area contributed by atoms with Crippen molar-refractivity contribution in [2.24, 2.45) is 7.05 Å². The van der Waals surface area contributed by atoms with Gasteiger partial charge in [-0.25, -0.2) is 4.79 Å². The van der Waals surface area contributed by atoms with Crippen LogP contribution in [0.2, 0.25) is 0 Å². The molecule has 0 fully saturated rings. The highest BCUT2D eigenvalue weighted by atomic mass is 16.6. The average molecular weight is 277 g/mol. The molecule has 2 aromatic heterocycles. The van der Waals surface area contributed by atoms with E-state index in [-0.39, 0.29) is 23.7 Å². The van der Waals surface area contributed by atoms with E-state index < -0.39 is 10.9 Å². The second kappa shape index (κ2) is 5.34. The Labute approximate surface area is 113 Å². The van der Waals surface area contributed by atoms with E-state index in [2.05, 4.69) is 15.3 Å². The lowest BCUT2D eigenvalue weighted by Crippen LogP contribution is -2.08. The van der Waals surface area contributed by atoms with Gasteiger partial charge >= 0.3 is 11.8 Å². The van der Waals surface area contributed by atoms with Gasteiger partial charge in [-0.1, -0.05) is 0 Å². The van der Waals surface area contributed by atoms with Crippen LogP contribution in [0, 0.1) is 10.1 Å². The number of imidazole rings is 1. The van der Waals surface area contributed by atoms with E-state index >= 15 is 0 Å². The molecule has 0 aliphatic carbocycles. The van der Waals surface area contributed by atoms with Crippen molar-refractivity contribution in [3.63, 3.8) is 0 Å². The average Bonchev–Trinajstić information content (AvgIpc) is 2.78. The number of nitro groups is 1. The van der Waals surface area contributed by atoms with E-state index in [1.165, 1.54) is 29.2 Å². The molecule has 0 amide bonds. The maximum Gasteiger partial charge on any atom is 0.406 e. The van der Waals surface area contributed by atoms with Crippen molar-refractivity contribution < 1.29 is 14.8 Å². The summed E-state index contributed by atoms with van der Waals surface area (Å²) in [5, 5.41) is 22.5. The van der Waals surface area contributed by atoms with Crippen LogP contribution in [0.3, 0.4) is 0 Å². The highest BCUT2D eigenvalue weighted by molar-refractivity contribution is 5.87. The van der Waals surface area contributed by atoms with E-state index in [0.717, 1.165) is 0 Å². The first-order valence-corrected chi connectivity index (χ1v) is 5.57. The molecule has 0 atom stereocenters. The molecule has 104 valence electrons. The summed E-state index contributed by atoms with van der Waals surface area (Å²) in [5.41, 5.74) is 0.566. The zero-order valence-corrected chi connectivity index (χ0v) is 10.5. The monoisotopic (exact) mass is 277 g/mol. The fourth-order valence-corrected chi connectivity index (χ4v) is 1.64. The van der Waals surface area contributed by atoms with Crippen LogP contribution >= 0.6 is 0 Å². The van der Waals surface area contributed by atoms with Gasteiger partial charge < -0.3 is 20.5 Å². The van der Waals surface area contributed by atoms with E-state index in [4.69, 9.17) is 5.11 Å². The van der Waals surface area contributed by atoms with Crippen LogP contribution in [0.25, 0.3) is 0 Å². The first-order valence-electron chi connectivity index (χ1n) is 5.57. The molecule has 0 aliphatic rings. The number of pyridine rings is 1. The van der Waals surface area contributed by atoms with Gasteiger partial charge in [0.15, 0.2) is 0 Å². The molecular weight excluding hydrogens is 266 g/mol. The first kappa shape index (κ1) is 13.5. The van der Waals surface area contributed by atoms with E-state index in [0.29, 0.717) is 5.69 Å². The maximum atomic E-state index is 10.8. The van der Waals surface area contributed by atoms with Crippen molar-refractivity contribution in [1.29, 1.82) is 0 Å². The van der Waals surface area contributed by atoms with Gasteiger partial charge in [-0.05, 0) is 22.0 Å². The minimum absolute atomic E-state index is 0.108. The molecule has 2 aromatic rings. The smallest absolute Gasteiger partial charge is 0.406 e. The number of carboxylic acid groups (broad SMARTS) is 1. The lowest BCUT2D eigenvalue weighted by Gasteiger charge is -2.06. The number of hydrogen-bond acceptors (Lipinski definition) is 6. The molecule has 2 heterocycles. The van der Waals surface area contributed by atoms with Crippen molar-refractivity contribution in [3.05, 3.63) is 46.0 Å². The Morgan fingerprint density at radius 3 is 2.95 bits per heavy atom. The molecule has 0 saturated carbocycles. The van der Waals surface area contributed by atoms with Crippen LogP contribution in [0.15, 0.2) is 24.7 Å². The normalized spacial score (nSPS) is 10.2. The molecule has 20 heavy (non-hydrogen) atoms. The second-order valence-corrected chi connectivity index (χ2v) is 3.98. The van der Waals surface area contributed by atoms with Crippen molar-refractivity contribution >= 4 is 17.6 Å². The van der Waals surface area contributed by atoms with Crippen molar-refractivity contribution in [2.45, 2.75) is 6.54 Å². The number of aryl methyl sites for hydroxylation is 1. The number of hydrogen-bond donors (Lipinski definition) is 2. The fraction of sp³-hybridized carbons (Fsp3) is 0.182. The van der Waals surface area contributed by atoms with E-state index in [1.54, 1.807) is 7.05 Å². The Bertz CT molecular complexity index is 667. The maximum absolute atomic E-state index is 10.8. The van der Waals surface area contributed by atoms with Crippen LogP contribution < -0.4 is 5.32 Å². The van der Waals surface area contributed by atoms with Gasteiger partial charge in [-0.2, -0.15) is 0 Å². The Morgan fingerprint density at radius 1 is 1.55 bits per heavy atom. The highest BCUT2D eigenvalue weighted by Gasteiger charge is 2.19. The lowest BCUT2D eigenvalue weighted by atomic mass is 10.2. The molecular formula is C11H11N5O4. The number of nitrogens with one attached hydrogen (secondary N) is 1. The summed E-state index contributed by atoms with van der Waals surface area (Å²) in [6, 6.07) is 2.77. The molecule has 0 spiro atoms. The molecule has 2 N–H and O–H groups in total. The van der Waals surface area contributed by atoms with E-state index in [9.17, 15) is 14.9 Å². The van der Waals surface area contributed by atoms with Gasteiger partial charge in [-0.15, -0.1) is 0 Å². The lowest BCUT2D eigenvalue weighted by molar-refractivity contribution is -0.388. The summed E-state index contributed by atoms with van der Waals surface area (Å²) < 4.78 is 1.47. The summed E-state index contributed by atoms with van der Waals surface area (Å²) in [6.45, 7) is 0.154. The predicted octanol–water partition coefficient (Wildman–Crippen LogP) is 1.03. The van der Waals surface area contributed by atoms with Gasteiger partial charge in [-0.3, -0.25) is 9.55 Å². The SMILES string of the molecule is Cn1cnc([N+](=O)[O-])c1NCc1cc(C(=O)O)ccn1.